The van der Waals surface area contributed by atoms with Gasteiger partial charge in [0.1, 0.15) is 0 Å². The second-order valence-corrected chi connectivity index (χ2v) is 7.36. The van der Waals surface area contributed by atoms with Crippen molar-refractivity contribution in [3.63, 3.8) is 0 Å². The molecule has 1 saturated carbocycles. The van der Waals surface area contributed by atoms with E-state index in [0.29, 0.717) is 11.9 Å². The zero-order valence-electron chi connectivity index (χ0n) is 13.1. The quantitative estimate of drug-likeness (QED) is 0.800. The first-order valence-corrected chi connectivity index (χ1v) is 8.59. The second-order valence-electron chi connectivity index (χ2n) is 7.05. The highest BCUT2D eigenvalue weighted by Gasteiger charge is 2.33. The summed E-state index contributed by atoms with van der Waals surface area (Å²) in [6.07, 6.45) is 7.51. The molecule has 3 rings (SSSR count). The van der Waals surface area contributed by atoms with Crippen molar-refractivity contribution in [2.45, 2.75) is 63.8 Å². The van der Waals surface area contributed by atoms with Crippen LogP contribution >= 0.6 is 11.6 Å². The van der Waals surface area contributed by atoms with E-state index in [1.54, 1.807) is 0 Å². The maximum Gasteiger partial charge on any atom is 0.0845 e. The van der Waals surface area contributed by atoms with Crippen LogP contribution in [0, 0.1) is 0 Å². The Balaban J connectivity index is 1.62. The Morgan fingerprint density at radius 1 is 1.38 bits per heavy atom. The maximum atomic E-state index is 5.99. The van der Waals surface area contributed by atoms with Gasteiger partial charge < -0.3 is 4.74 Å². The van der Waals surface area contributed by atoms with Crippen molar-refractivity contribution in [3.05, 3.63) is 18.0 Å². The topological polar surface area (TPSA) is 30.3 Å². The molecule has 2 fully saturated rings. The van der Waals surface area contributed by atoms with Crippen LogP contribution in [-0.4, -0.2) is 45.4 Å². The summed E-state index contributed by atoms with van der Waals surface area (Å²) >= 11 is 5.99. The molecule has 5 heteroatoms. The second kappa shape index (κ2) is 6.27. The van der Waals surface area contributed by atoms with Gasteiger partial charge in [-0.25, -0.2) is 0 Å². The predicted molar refractivity (Wildman–Crippen MR) is 84.7 cm³/mol. The SMILES string of the molecule is CC1(C)CN(Cc2ccn(C3CCCC3)n2)CC(CCl)O1. The van der Waals surface area contributed by atoms with Crippen LogP contribution in [0.25, 0.3) is 0 Å². The van der Waals surface area contributed by atoms with Gasteiger partial charge >= 0.3 is 0 Å². The highest BCUT2D eigenvalue weighted by molar-refractivity contribution is 6.18. The molecule has 0 aromatic carbocycles. The van der Waals surface area contributed by atoms with Gasteiger partial charge in [0.25, 0.3) is 0 Å². The molecular formula is C16H26ClN3O. The standard InChI is InChI=1S/C16H26ClN3O/c1-16(2)12-19(11-15(9-17)21-16)10-13-7-8-20(18-13)14-5-3-4-6-14/h7-8,14-15H,3-6,9-12H2,1-2H3. The molecule has 0 bridgehead atoms. The Morgan fingerprint density at radius 2 is 2.14 bits per heavy atom. The minimum atomic E-state index is -0.133. The molecule has 1 unspecified atom stereocenters. The number of ether oxygens (including phenoxy) is 1. The lowest BCUT2D eigenvalue weighted by molar-refractivity contribution is -0.129. The molecule has 1 aromatic heterocycles. The van der Waals surface area contributed by atoms with E-state index in [9.17, 15) is 0 Å². The van der Waals surface area contributed by atoms with Crippen LogP contribution in [0.3, 0.4) is 0 Å². The average Bonchev–Trinajstić information content (AvgIpc) is 3.06. The van der Waals surface area contributed by atoms with Gasteiger partial charge in [-0.05, 0) is 32.8 Å². The molecule has 0 amide bonds. The highest BCUT2D eigenvalue weighted by Crippen LogP contribution is 2.29. The van der Waals surface area contributed by atoms with Crippen molar-refractivity contribution < 1.29 is 4.74 Å². The van der Waals surface area contributed by atoms with Gasteiger partial charge in [-0.15, -0.1) is 11.6 Å². The van der Waals surface area contributed by atoms with E-state index < -0.39 is 0 Å². The molecule has 1 aliphatic carbocycles. The van der Waals surface area contributed by atoms with Gasteiger partial charge in [-0.3, -0.25) is 9.58 Å². The zero-order valence-corrected chi connectivity index (χ0v) is 13.9. The molecule has 2 heterocycles. The third kappa shape index (κ3) is 3.79. The molecule has 1 aliphatic heterocycles. The number of rotatable bonds is 4. The van der Waals surface area contributed by atoms with E-state index in [4.69, 9.17) is 21.4 Å². The smallest absolute Gasteiger partial charge is 0.0845 e. The number of halogens is 1. The molecule has 1 saturated heterocycles. The van der Waals surface area contributed by atoms with Crippen LogP contribution in [0.4, 0.5) is 0 Å². The minimum absolute atomic E-state index is 0.118. The third-order valence-electron chi connectivity index (χ3n) is 4.47. The molecule has 0 N–H and O–H groups in total. The minimum Gasteiger partial charge on any atom is -0.368 e. The Hall–Kier alpha value is -0.580. The van der Waals surface area contributed by atoms with Crippen molar-refractivity contribution >= 4 is 11.6 Å². The lowest BCUT2D eigenvalue weighted by Gasteiger charge is -2.42. The van der Waals surface area contributed by atoms with Crippen LogP contribution in [0.15, 0.2) is 12.3 Å². The first-order valence-electron chi connectivity index (χ1n) is 8.06. The number of nitrogens with zero attached hydrogens (tertiary/aromatic N) is 3. The summed E-state index contributed by atoms with van der Waals surface area (Å²) in [5.41, 5.74) is 1.03. The summed E-state index contributed by atoms with van der Waals surface area (Å²) in [5, 5.41) is 4.79. The molecule has 118 valence electrons. The van der Waals surface area contributed by atoms with Crippen molar-refractivity contribution in [1.29, 1.82) is 0 Å². The van der Waals surface area contributed by atoms with Crippen LogP contribution in [-0.2, 0) is 11.3 Å². The first kappa shape index (κ1) is 15.3. The summed E-state index contributed by atoms with van der Waals surface area (Å²) in [4.78, 5) is 2.41. The molecule has 4 nitrogen and oxygen atoms in total. The monoisotopic (exact) mass is 311 g/mol. The largest absolute Gasteiger partial charge is 0.368 e. The van der Waals surface area contributed by atoms with E-state index in [1.165, 1.54) is 25.7 Å². The zero-order chi connectivity index (χ0) is 14.9. The van der Waals surface area contributed by atoms with E-state index in [-0.39, 0.29) is 11.7 Å². The number of alkyl halides is 1. The number of hydrogen-bond acceptors (Lipinski definition) is 3. The summed E-state index contributed by atoms with van der Waals surface area (Å²) in [7, 11) is 0. The molecular weight excluding hydrogens is 286 g/mol. The van der Waals surface area contributed by atoms with E-state index in [0.717, 1.165) is 25.3 Å². The van der Waals surface area contributed by atoms with Gasteiger partial charge in [0, 0.05) is 31.7 Å². The molecule has 0 radical (unpaired) electrons. The Labute approximate surface area is 132 Å². The molecule has 1 aromatic rings. The average molecular weight is 312 g/mol. The summed E-state index contributed by atoms with van der Waals surface area (Å²) in [6, 6.07) is 2.78. The van der Waals surface area contributed by atoms with Gasteiger partial charge in [-0.2, -0.15) is 5.10 Å². The Bertz CT molecular complexity index is 468. The Morgan fingerprint density at radius 3 is 2.86 bits per heavy atom. The van der Waals surface area contributed by atoms with Gasteiger partial charge in [-0.1, -0.05) is 12.8 Å². The maximum absolute atomic E-state index is 5.99. The third-order valence-corrected chi connectivity index (χ3v) is 4.82. The summed E-state index contributed by atoms with van der Waals surface area (Å²) in [5.74, 6) is 0.552. The highest BCUT2D eigenvalue weighted by atomic mass is 35.5. The van der Waals surface area contributed by atoms with Gasteiger partial charge in [0.05, 0.1) is 23.4 Å². The summed E-state index contributed by atoms with van der Waals surface area (Å²) < 4.78 is 8.15. The molecule has 2 aliphatic rings. The van der Waals surface area contributed by atoms with Crippen molar-refractivity contribution in [2.24, 2.45) is 0 Å². The van der Waals surface area contributed by atoms with Gasteiger partial charge in [0.15, 0.2) is 0 Å². The van der Waals surface area contributed by atoms with Gasteiger partial charge in [0.2, 0.25) is 0 Å². The molecule has 1 atom stereocenters. The van der Waals surface area contributed by atoms with E-state index in [2.05, 4.69) is 35.7 Å². The normalized spacial score (nSPS) is 27.3. The van der Waals surface area contributed by atoms with Crippen molar-refractivity contribution in [3.8, 4) is 0 Å². The predicted octanol–water partition coefficient (Wildman–Crippen LogP) is 3.22. The lowest BCUT2D eigenvalue weighted by atomic mass is 10.1. The number of hydrogen-bond donors (Lipinski definition) is 0. The lowest BCUT2D eigenvalue weighted by Crippen LogP contribution is -2.52. The van der Waals surface area contributed by atoms with Crippen LogP contribution < -0.4 is 0 Å². The molecule has 21 heavy (non-hydrogen) atoms. The van der Waals surface area contributed by atoms with Crippen LogP contribution in [0.5, 0.6) is 0 Å². The van der Waals surface area contributed by atoms with Crippen LogP contribution in [0.1, 0.15) is 51.3 Å². The Kier molecular flexibility index (Phi) is 4.57. The fraction of sp³-hybridized carbons (Fsp3) is 0.812. The first-order chi connectivity index (χ1) is 10.1. The van der Waals surface area contributed by atoms with Crippen molar-refractivity contribution in [1.82, 2.24) is 14.7 Å². The fourth-order valence-corrected chi connectivity index (χ4v) is 3.84. The van der Waals surface area contributed by atoms with E-state index in [1.807, 2.05) is 0 Å². The molecule has 0 spiro atoms. The van der Waals surface area contributed by atoms with Crippen molar-refractivity contribution in [2.75, 3.05) is 19.0 Å². The van der Waals surface area contributed by atoms with Crippen LogP contribution in [0.2, 0.25) is 0 Å². The number of aromatic nitrogens is 2. The summed E-state index contributed by atoms with van der Waals surface area (Å²) in [6.45, 7) is 6.98. The van der Waals surface area contributed by atoms with E-state index >= 15 is 0 Å². The number of morpholine rings is 1. The fourth-order valence-electron chi connectivity index (χ4n) is 3.68.